The molecule has 0 bridgehead atoms. The maximum Gasteiger partial charge on any atom is 0.140 e. The van der Waals surface area contributed by atoms with Crippen LogP contribution in [0.4, 0.5) is 0 Å². The summed E-state index contributed by atoms with van der Waals surface area (Å²) in [6, 6.07) is 14.8. The third kappa shape index (κ3) is 2.76. The van der Waals surface area contributed by atoms with Gasteiger partial charge in [-0.2, -0.15) is 0 Å². The first-order valence-electron chi connectivity index (χ1n) is 8.28. The smallest absolute Gasteiger partial charge is 0.140 e. The van der Waals surface area contributed by atoms with Crippen molar-refractivity contribution in [2.45, 2.75) is 13.5 Å². The minimum Gasteiger partial charge on any atom is -0.314 e. The van der Waals surface area contributed by atoms with Crippen molar-refractivity contribution in [1.82, 2.24) is 19.6 Å². The molecular formula is C19H22N4. The van der Waals surface area contributed by atoms with Gasteiger partial charge >= 0.3 is 0 Å². The Balaban J connectivity index is 1.83. The highest BCUT2D eigenvalue weighted by Crippen LogP contribution is 2.26. The van der Waals surface area contributed by atoms with Crippen LogP contribution < -0.4 is 5.32 Å². The quantitative estimate of drug-likeness (QED) is 0.807. The molecule has 1 aromatic carbocycles. The molecule has 1 saturated heterocycles. The van der Waals surface area contributed by atoms with Crippen LogP contribution >= 0.6 is 0 Å². The highest BCUT2D eigenvalue weighted by Gasteiger charge is 2.18. The number of hydrogen-bond acceptors (Lipinski definition) is 3. The van der Waals surface area contributed by atoms with Gasteiger partial charge in [0.05, 0.1) is 11.4 Å². The Morgan fingerprint density at radius 3 is 2.61 bits per heavy atom. The number of nitrogens with zero attached hydrogens (tertiary/aromatic N) is 3. The predicted molar refractivity (Wildman–Crippen MR) is 93.5 cm³/mol. The molecule has 0 amide bonds. The van der Waals surface area contributed by atoms with Crippen molar-refractivity contribution in [3.63, 3.8) is 0 Å². The molecule has 0 unspecified atom stereocenters. The molecule has 0 saturated carbocycles. The summed E-state index contributed by atoms with van der Waals surface area (Å²) in [7, 11) is 0. The first-order chi connectivity index (χ1) is 11.3. The first-order valence-corrected chi connectivity index (χ1v) is 8.28. The van der Waals surface area contributed by atoms with E-state index in [0.717, 1.165) is 44.1 Å². The molecule has 3 aromatic rings. The van der Waals surface area contributed by atoms with Gasteiger partial charge in [0.1, 0.15) is 5.65 Å². The fraction of sp³-hybridized carbons (Fsp3) is 0.316. The van der Waals surface area contributed by atoms with Crippen molar-refractivity contribution >= 4 is 5.65 Å². The maximum atomic E-state index is 4.97. The summed E-state index contributed by atoms with van der Waals surface area (Å²) in [6.45, 7) is 7.38. The SMILES string of the molecule is Cc1cccn2c(CN3CCNCC3)c(-c3ccccc3)nc12. The molecule has 4 nitrogen and oxygen atoms in total. The zero-order valence-corrected chi connectivity index (χ0v) is 13.5. The lowest BCUT2D eigenvalue weighted by molar-refractivity contribution is 0.230. The molecule has 1 aliphatic rings. The first kappa shape index (κ1) is 14.4. The molecule has 4 heteroatoms. The molecule has 118 valence electrons. The average Bonchev–Trinajstić information content (AvgIpc) is 2.97. The minimum absolute atomic E-state index is 0.941. The number of aromatic nitrogens is 2. The summed E-state index contributed by atoms with van der Waals surface area (Å²) < 4.78 is 2.26. The highest BCUT2D eigenvalue weighted by molar-refractivity contribution is 5.67. The number of pyridine rings is 1. The van der Waals surface area contributed by atoms with Gasteiger partial charge in [0.2, 0.25) is 0 Å². The summed E-state index contributed by atoms with van der Waals surface area (Å²) >= 11 is 0. The molecule has 0 aliphatic carbocycles. The van der Waals surface area contributed by atoms with E-state index in [4.69, 9.17) is 4.98 Å². The van der Waals surface area contributed by atoms with Crippen molar-refractivity contribution in [3.8, 4) is 11.3 Å². The van der Waals surface area contributed by atoms with Crippen LogP contribution in [0.3, 0.4) is 0 Å². The largest absolute Gasteiger partial charge is 0.314 e. The van der Waals surface area contributed by atoms with Gasteiger partial charge in [-0.05, 0) is 18.6 Å². The van der Waals surface area contributed by atoms with Crippen molar-refractivity contribution in [3.05, 3.63) is 59.9 Å². The fourth-order valence-corrected chi connectivity index (χ4v) is 3.31. The second-order valence-corrected chi connectivity index (χ2v) is 6.18. The van der Waals surface area contributed by atoms with Crippen LogP contribution in [0, 0.1) is 6.92 Å². The van der Waals surface area contributed by atoms with E-state index in [1.165, 1.54) is 16.8 Å². The van der Waals surface area contributed by atoms with Gasteiger partial charge in [-0.25, -0.2) is 4.98 Å². The van der Waals surface area contributed by atoms with E-state index < -0.39 is 0 Å². The van der Waals surface area contributed by atoms with Crippen LogP contribution in [-0.4, -0.2) is 40.5 Å². The molecule has 1 fully saturated rings. The van der Waals surface area contributed by atoms with E-state index in [9.17, 15) is 0 Å². The molecule has 3 heterocycles. The van der Waals surface area contributed by atoms with E-state index in [1.807, 2.05) is 0 Å². The van der Waals surface area contributed by atoms with E-state index in [2.05, 4.69) is 70.2 Å². The van der Waals surface area contributed by atoms with Gasteiger partial charge in [0.25, 0.3) is 0 Å². The van der Waals surface area contributed by atoms with Crippen LogP contribution in [0.15, 0.2) is 48.7 Å². The number of rotatable bonds is 3. The van der Waals surface area contributed by atoms with E-state index in [0.29, 0.717) is 0 Å². The number of benzene rings is 1. The maximum absolute atomic E-state index is 4.97. The Morgan fingerprint density at radius 1 is 1.04 bits per heavy atom. The normalized spacial score (nSPS) is 16.0. The molecule has 1 aliphatic heterocycles. The number of piperazine rings is 1. The number of nitrogens with one attached hydrogen (secondary N) is 1. The van der Waals surface area contributed by atoms with Crippen LogP contribution in [0.5, 0.6) is 0 Å². The minimum atomic E-state index is 0.941. The Hall–Kier alpha value is -2.17. The van der Waals surface area contributed by atoms with Gasteiger partial charge in [-0.1, -0.05) is 36.4 Å². The standard InChI is InChI=1S/C19H22N4/c1-15-6-5-11-23-17(14-22-12-9-20-10-13-22)18(21-19(15)23)16-7-3-2-4-8-16/h2-8,11,20H,9-10,12-14H2,1H3. The van der Waals surface area contributed by atoms with Gasteiger partial charge in [0, 0.05) is 44.5 Å². The average molecular weight is 306 g/mol. The van der Waals surface area contributed by atoms with Crippen LogP contribution in [0.1, 0.15) is 11.3 Å². The summed E-state index contributed by atoms with van der Waals surface area (Å²) in [5.41, 5.74) is 5.88. The Morgan fingerprint density at radius 2 is 1.83 bits per heavy atom. The number of hydrogen-bond donors (Lipinski definition) is 1. The predicted octanol–water partition coefficient (Wildman–Crippen LogP) is 2.71. The van der Waals surface area contributed by atoms with Crippen LogP contribution in [0.25, 0.3) is 16.9 Å². The van der Waals surface area contributed by atoms with Gasteiger partial charge < -0.3 is 9.72 Å². The third-order valence-electron chi connectivity index (χ3n) is 4.57. The summed E-state index contributed by atoms with van der Waals surface area (Å²) in [6.07, 6.45) is 2.14. The lowest BCUT2D eigenvalue weighted by Gasteiger charge is -2.27. The van der Waals surface area contributed by atoms with Gasteiger partial charge in [-0.15, -0.1) is 0 Å². The zero-order chi connectivity index (χ0) is 15.6. The highest BCUT2D eigenvalue weighted by atomic mass is 15.2. The molecule has 2 aromatic heterocycles. The van der Waals surface area contributed by atoms with E-state index in [1.54, 1.807) is 0 Å². The molecule has 23 heavy (non-hydrogen) atoms. The Bertz CT molecular complexity index is 801. The van der Waals surface area contributed by atoms with Crippen LogP contribution in [0.2, 0.25) is 0 Å². The van der Waals surface area contributed by atoms with Crippen molar-refractivity contribution < 1.29 is 0 Å². The van der Waals surface area contributed by atoms with Gasteiger partial charge in [0.15, 0.2) is 0 Å². The zero-order valence-electron chi connectivity index (χ0n) is 13.5. The number of fused-ring (bicyclic) bond motifs is 1. The molecule has 0 radical (unpaired) electrons. The molecular weight excluding hydrogens is 284 g/mol. The lowest BCUT2D eigenvalue weighted by atomic mass is 10.1. The van der Waals surface area contributed by atoms with E-state index in [-0.39, 0.29) is 0 Å². The van der Waals surface area contributed by atoms with Crippen molar-refractivity contribution in [2.75, 3.05) is 26.2 Å². The second-order valence-electron chi connectivity index (χ2n) is 6.18. The summed E-state index contributed by atoms with van der Waals surface area (Å²) in [4.78, 5) is 7.48. The monoisotopic (exact) mass is 306 g/mol. The third-order valence-corrected chi connectivity index (χ3v) is 4.57. The fourth-order valence-electron chi connectivity index (χ4n) is 3.31. The topological polar surface area (TPSA) is 32.6 Å². The number of aryl methyl sites for hydroxylation is 1. The summed E-state index contributed by atoms with van der Waals surface area (Å²) in [5, 5.41) is 3.42. The Kier molecular flexibility index (Phi) is 3.85. The van der Waals surface area contributed by atoms with Gasteiger partial charge in [-0.3, -0.25) is 4.90 Å². The van der Waals surface area contributed by atoms with Crippen molar-refractivity contribution in [1.29, 1.82) is 0 Å². The molecule has 1 N–H and O–H groups in total. The van der Waals surface area contributed by atoms with Crippen molar-refractivity contribution in [2.24, 2.45) is 0 Å². The van der Waals surface area contributed by atoms with Crippen LogP contribution in [-0.2, 0) is 6.54 Å². The second kappa shape index (κ2) is 6.14. The van der Waals surface area contributed by atoms with E-state index >= 15 is 0 Å². The number of imidazole rings is 1. The molecule has 4 rings (SSSR count). The molecule has 0 spiro atoms. The molecule has 0 atom stereocenters. The summed E-state index contributed by atoms with van der Waals surface area (Å²) in [5.74, 6) is 0. The Labute approximate surface area is 136 Å². The lowest BCUT2D eigenvalue weighted by Crippen LogP contribution is -2.43.